The summed E-state index contributed by atoms with van der Waals surface area (Å²) in [4.78, 5) is 25.0. The van der Waals surface area contributed by atoms with Gasteiger partial charge in [0.25, 0.3) is 0 Å². The maximum absolute atomic E-state index is 12.8. The number of amides is 2. The summed E-state index contributed by atoms with van der Waals surface area (Å²) in [5.41, 5.74) is -1.23. The first kappa shape index (κ1) is 27.4. The third-order valence-corrected chi connectivity index (χ3v) is 3.95. The van der Waals surface area contributed by atoms with Gasteiger partial charge in [0, 0.05) is 17.7 Å². The summed E-state index contributed by atoms with van der Waals surface area (Å²) in [6.07, 6.45) is 2.34. The van der Waals surface area contributed by atoms with E-state index in [9.17, 15) is 18.0 Å². The number of ether oxygens (including phenoxy) is 2. The van der Waals surface area contributed by atoms with Crippen molar-refractivity contribution in [1.29, 1.82) is 0 Å². The molecule has 2 N–H and O–H groups in total. The van der Waals surface area contributed by atoms with Gasteiger partial charge in [-0.3, -0.25) is 4.79 Å². The van der Waals surface area contributed by atoms with E-state index < -0.39 is 45.1 Å². The Hall–Kier alpha value is -1.61. The van der Waals surface area contributed by atoms with Crippen molar-refractivity contribution in [3.8, 4) is 0 Å². The monoisotopic (exact) mass is 434 g/mol. The van der Waals surface area contributed by atoms with Crippen molar-refractivity contribution < 1.29 is 27.5 Å². The van der Waals surface area contributed by atoms with Gasteiger partial charge < -0.3 is 20.1 Å². The van der Waals surface area contributed by atoms with Crippen molar-refractivity contribution in [3.63, 3.8) is 0 Å². The van der Waals surface area contributed by atoms with E-state index in [1.807, 2.05) is 34.6 Å². The van der Waals surface area contributed by atoms with E-state index in [0.717, 1.165) is 11.7 Å². The fourth-order valence-electron chi connectivity index (χ4n) is 2.18. The van der Waals surface area contributed by atoms with E-state index in [4.69, 9.17) is 9.47 Å². The smallest absolute Gasteiger partial charge is 0.408 e. The Bertz CT molecular complexity index is 672. The molecule has 0 aromatic rings. The molecule has 0 fully saturated rings. The van der Waals surface area contributed by atoms with Gasteiger partial charge in [0.2, 0.25) is 5.91 Å². The second-order valence-electron chi connectivity index (χ2n) is 9.52. The lowest BCUT2D eigenvalue weighted by molar-refractivity contribution is -0.126. The van der Waals surface area contributed by atoms with Crippen LogP contribution >= 0.6 is 0 Å². The molecule has 170 valence electrons. The van der Waals surface area contributed by atoms with Crippen molar-refractivity contribution in [3.05, 3.63) is 11.5 Å². The number of carbonyl (C=O) groups is 2. The van der Waals surface area contributed by atoms with E-state index in [-0.39, 0.29) is 12.5 Å². The molecule has 2 amide bonds. The van der Waals surface area contributed by atoms with Crippen LogP contribution in [0.25, 0.3) is 0 Å². The Morgan fingerprint density at radius 2 is 1.55 bits per heavy atom. The lowest BCUT2D eigenvalue weighted by Gasteiger charge is -2.27. The number of rotatable bonds is 9. The van der Waals surface area contributed by atoms with E-state index >= 15 is 0 Å². The lowest BCUT2D eigenvalue weighted by atomic mass is 10.0. The molecule has 0 aliphatic carbocycles. The van der Waals surface area contributed by atoms with Gasteiger partial charge in [-0.1, -0.05) is 19.9 Å². The topological polar surface area (TPSA) is 111 Å². The van der Waals surface area contributed by atoms with Gasteiger partial charge in [-0.15, -0.1) is 0 Å². The molecule has 0 unspecified atom stereocenters. The molecule has 0 saturated carbocycles. The third-order valence-electron chi connectivity index (χ3n) is 3.30. The normalized spacial score (nSPS) is 15.2. The van der Waals surface area contributed by atoms with Crippen molar-refractivity contribution in [1.82, 2.24) is 10.6 Å². The van der Waals surface area contributed by atoms with Crippen LogP contribution in [0.1, 0.15) is 61.8 Å². The number of hydrogen-bond donors (Lipinski definition) is 2. The van der Waals surface area contributed by atoms with E-state index in [1.165, 1.54) is 6.08 Å². The second kappa shape index (κ2) is 11.0. The maximum Gasteiger partial charge on any atom is 0.408 e. The van der Waals surface area contributed by atoms with Crippen LogP contribution in [0.15, 0.2) is 11.5 Å². The molecule has 0 radical (unpaired) electrons. The zero-order valence-corrected chi connectivity index (χ0v) is 20.0. The van der Waals surface area contributed by atoms with Crippen LogP contribution in [0.3, 0.4) is 0 Å². The minimum absolute atomic E-state index is 0.0568. The Morgan fingerprint density at radius 3 is 1.97 bits per heavy atom. The molecule has 0 rings (SSSR count). The zero-order chi connectivity index (χ0) is 23.0. The summed E-state index contributed by atoms with van der Waals surface area (Å²) < 4.78 is 33.8. The molecule has 0 saturated heterocycles. The fourth-order valence-corrected chi connectivity index (χ4v) is 2.66. The number of sulfone groups is 1. The molecule has 29 heavy (non-hydrogen) atoms. The van der Waals surface area contributed by atoms with Gasteiger partial charge in [0.05, 0.1) is 12.2 Å². The molecule has 0 spiro atoms. The molecule has 0 aliphatic heterocycles. The van der Waals surface area contributed by atoms with Crippen molar-refractivity contribution in [2.75, 3.05) is 12.9 Å². The van der Waals surface area contributed by atoms with Gasteiger partial charge in [-0.2, -0.15) is 0 Å². The van der Waals surface area contributed by atoms with Crippen LogP contribution < -0.4 is 10.6 Å². The van der Waals surface area contributed by atoms with Crippen molar-refractivity contribution in [2.45, 2.75) is 85.1 Å². The van der Waals surface area contributed by atoms with Crippen LogP contribution in [0.5, 0.6) is 0 Å². The van der Waals surface area contributed by atoms with Gasteiger partial charge >= 0.3 is 6.09 Å². The molecule has 0 heterocycles. The van der Waals surface area contributed by atoms with Crippen LogP contribution in [0.4, 0.5) is 4.79 Å². The third kappa shape index (κ3) is 15.9. The molecule has 0 aliphatic rings. The molecule has 0 aromatic carbocycles. The summed E-state index contributed by atoms with van der Waals surface area (Å²) in [7, 11) is -3.33. The Labute approximate surface area is 175 Å². The first-order chi connectivity index (χ1) is 12.9. The molecule has 8 nitrogen and oxygen atoms in total. The minimum atomic E-state index is -3.33. The first-order valence-electron chi connectivity index (χ1n) is 9.70. The highest BCUT2D eigenvalue weighted by Gasteiger charge is 2.27. The van der Waals surface area contributed by atoms with Crippen molar-refractivity contribution in [2.24, 2.45) is 5.92 Å². The average Bonchev–Trinajstić information content (AvgIpc) is 2.44. The average molecular weight is 435 g/mol. The van der Waals surface area contributed by atoms with E-state index in [1.54, 1.807) is 20.8 Å². The summed E-state index contributed by atoms with van der Waals surface area (Å²) >= 11 is 0. The minimum Gasteiger partial charge on any atom is -0.444 e. The van der Waals surface area contributed by atoms with Gasteiger partial charge in [-0.25, -0.2) is 13.2 Å². The Kier molecular flexibility index (Phi) is 10.4. The summed E-state index contributed by atoms with van der Waals surface area (Å²) in [5.74, 6) is -0.267. The highest BCUT2D eigenvalue weighted by Crippen LogP contribution is 2.11. The van der Waals surface area contributed by atoms with Crippen LogP contribution in [-0.4, -0.2) is 56.6 Å². The van der Waals surface area contributed by atoms with Gasteiger partial charge in [0.1, 0.15) is 11.6 Å². The van der Waals surface area contributed by atoms with Crippen LogP contribution in [0.2, 0.25) is 0 Å². The predicted molar refractivity (Wildman–Crippen MR) is 114 cm³/mol. The number of carbonyl (C=O) groups excluding carboxylic acids is 2. The first-order valence-corrected chi connectivity index (χ1v) is 11.7. The van der Waals surface area contributed by atoms with Crippen LogP contribution in [0, 0.1) is 5.92 Å². The number of hydrogen-bond acceptors (Lipinski definition) is 6. The standard InChI is InChI=1S/C20H38N2O6S/c1-14(2)12-15(10-11-29(9,25)26)21-17(23)16(13-27-19(3,4)5)22-18(24)28-20(6,7)8/h10-11,14-16H,12-13H2,1-9H3,(H,21,23)(H,22,24)/b11-10+/t15-,16+/m1/s1. The molecular weight excluding hydrogens is 396 g/mol. The second-order valence-corrected chi connectivity index (χ2v) is 11.5. The van der Waals surface area contributed by atoms with Gasteiger partial charge in [-0.05, 0) is 53.9 Å². The summed E-state index contributed by atoms with van der Waals surface area (Å²) in [6.45, 7) is 14.6. The van der Waals surface area contributed by atoms with Crippen LogP contribution in [-0.2, 0) is 24.1 Å². The largest absolute Gasteiger partial charge is 0.444 e. The lowest BCUT2D eigenvalue weighted by Crippen LogP contribution is -2.53. The fraction of sp³-hybridized carbons (Fsp3) is 0.800. The highest BCUT2D eigenvalue weighted by atomic mass is 32.2. The Morgan fingerprint density at radius 1 is 1.00 bits per heavy atom. The maximum atomic E-state index is 12.8. The predicted octanol–water partition coefficient (Wildman–Crippen LogP) is 2.78. The molecule has 0 aromatic heterocycles. The van der Waals surface area contributed by atoms with Gasteiger partial charge in [0.15, 0.2) is 9.84 Å². The summed E-state index contributed by atoms with van der Waals surface area (Å²) in [6, 6.07) is -1.50. The van der Waals surface area contributed by atoms with E-state index in [0.29, 0.717) is 6.42 Å². The molecule has 9 heteroatoms. The number of nitrogens with one attached hydrogen (secondary N) is 2. The SMILES string of the molecule is CC(C)C[C@@H](/C=C/S(C)(=O)=O)NC(=O)[C@H](COC(C)(C)C)NC(=O)OC(C)(C)C. The highest BCUT2D eigenvalue weighted by molar-refractivity contribution is 7.93. The molecule has 0 bridgehead atoms. The quantitative estimate of drug-likeness (QED) is 0.577. The number of alkyl carbamates (subject to hydrolysis) is 1. The van der Waals surface area contributed by atoms with E-state index in [2.05, 4.69) is 10.6 Å². The van der Waals surface area contributed by atoms with Crippen molar-refractivity contribution >= 4 is 21.8 Å². The molecule has 2 atom stereocenters. The summed E-state index contributed by atoms with van der Waals surface area (Å²) in [5, 5.41) is 6.39. The molecular formula is C20H38N2O6S. The zero-order valence-electron chi connectivity index (χ0n) is 19.2. The Balaban J connectivity index is 5.39.